The monoisotopic (exact) mass is 370 g/mol. The highest BCUT2D eigenvalue weighted by atomic mass is 16.5. The summed E-state index contributed by atoms with van der Waals surface area (Å²) >= 11 is 0. The number of nitrogens with one attached hydrogen (secondary N) is 1. The van der Waals surface area contributed by atoms with E-state index in [1.807, 2.05) is 24.3 Å². The van der Waals surface area contributed by atoms with E-state index in [0.717, 1.165) is 44.2 Å². The van der Waals surface area contributed by atoms with Crippen molar-refractivity contribution in [3.63, 3.8) is 0 Å². The Hall–Kier alpha value is -2.34. The van der Waals surface area contributed by atoms with Crippen molar-refractivity contribution in [1.29, 1.82) is 0 Å². The molecule has 1 N–H and O–H groups in total. The van der Waals surface area contributed by atoms with Gasteiger partial charge < -0.3 is 14.5 Å². The number of nitrogens with zero attached hydrogens (tertiary/aromatic N) is 1. The van der Waals surface area contributed by atoms with Crippen LogP contribution in [0.5, 0.6) is 0 Å². The number of piperidine rings is 1. The summed E-state index contributed by atoms with van der Waals surface area (Å²) < 4.78 is 11.2. The molecule has 1 saturated carbocycles. The van der Waals surface area contributed by atoms with Gasteiger partial charge in [0.25, 0.3) is 0 Å². The number of para-hydroxylation sites is 1. The normalized spacial score (nSPS) is 18.6. The van der Waals surface area contributed by atoms with Crippen LogP contribution in [0.25, 0.3) is 11.0 Å². The maximum Gasteiger partial charge on any atom is 0.342 e. The summed E-state index contributed by atoms with van der Waals surface area (Å²) in [5, 5.41) is 3.90. The summed E-state index contributed by atoms with van der Waals surface area (Å²) in [7, 11) is 0. The SMILES string of the molecule is CCOC(=O)c1c(CN2CCC(C(=O)NC3CC3)CC2)oc2ccccc12. The Labute approximate surface area is 158 Å². The summed E-state index contributed by atoms with van der Waals surface area (Å²) in [6.45, 7) is 4.33. The zero-order valence-corrected chi connectivity index (χ0v) is 15.7. The number of furan rings is 1. The first-order valence-corrected chi connectivity index (χ1v) is 9.86. The van der Waals surface area contributed by atoms with Crippen molar-refractivity contribution in [2.75, 3.05) is 19.7 Å². The summed E-state index contributed by atoms with van der Waals surface area (Å²) in [5.74, 6) is 0.613. The minimum atomic E-state index is -0.337. The Morgan fingerprint density at radius 1 is 1.19 bits per heavy atom. The molecule has 6 heteroatoms. The molecule has 144 valence electrons. The summed E-state index contributed by atoms with van der Waals surface area (Å²) in [5.41, 5.74) is 1.23. The molecule has 1 aliphatic carbocycles. The topological polar surface area (TPSA) is 71.8 Å². The zero-order valence-electron chi connectivity index (χ0n) is 15.7. The van der Waals surface area contributed by atoms with Crippen LogP contribution in [0.15, 0.2) is 28.7 Å². The molecule has 1 saturated heterocycles. The largest absolute Gasteiger partial charge is 0.462 e. The zero-order chi connectivity index (χ0) is 18.8. The lowest BCUT2D eigenvalue weighted by molar-refractivity contribution is -0.126. The Morgan fingerprint density at radius 3 is 2.63 bits per heavy atom. The van der Waals surface area contributed by atoms with Crippen molar-refractivity contribution in [1.82, 2.24) is 10.2 Å². The van der Waals surface area contributed by atoms with Gasteiger partial charge in [0, 0.05) is 17.3 Å². The Balaban J connectivity index is 1.45. The van der Waals surface area contributed by atoms with E-state index in [2.05, 4.69) is 10.2 Å². The fourth-order valence-corrected chi connectivity index (χ4v) is 3.74. The number of hydrogen-bond acceptors (Lipinski definition) is 5. The van der Waals surface area contributed by atoms with Gasteiger partial charge in [-0.1, -0.05) is 18.2 Å². The molecule has 1 aromatic carbocycles. The Kier molecular flexibility index (Phi) is 5.16. The highest BCUT2D eigenvalue weighted by Gasteiger charge is 2.31. The van der Waals surface area contributed by atoms with Crippen molar-refractivity contribution in [2.45, 2.75) is 45.2 Å². The lowest BCUT2D eigenvalue weighted by Gasteiger charge is -2.30. The van der Waals surface area contributed by atoms with Gasteiger partial charge in [-0.2, -0.15) is 0 Å². The van der Waals surface area contributed by atoms with Crippen LogP contribution in [0.3, 0.4) is 0 Å². The molecule has 1 aromatic heterocycles. The number of carbonyl (C=O) groups excluding carboxylic acids is 2. The molecule has 6 nitrogen and oxygen atoms in total. The first-order valence-electron chi connectivity index (χ1n) is 9.86. The number of likely N-dealkylation sites (tertiary alicyclic amines) is 1. The average molecular weight is 370 g/mol. The number of esters is 1. The number of fused-ring (bicyclic) bond motifs is 1. The highest BCUT2D eigenvalue weighted by molar-refractivity contribution is 6.04. The first-order chi connectivity index (χ1) is 13.2. The fraction of sp³-hybridized carbons (Fsp3) is 0.524. The molecular formula is C21H26N2O4. The molecule has 0 radical (unpaired) electrons. The third-order valence-electron chi connectivity index (χ3n) is 5.40. The van der Waals surface area contributed by atoms with Gasteiger partial charge in [-0.15, -0.1) is 0 Å². The van der Waals surface area contributed by atoms with Crippen LogP contribution in [0.2, 0.25) is 0 Å². The van der Waals surface area contributed by atoms with E-state index in [4.69, 9.17) is 9.15 Å². The van der Waals surface area contributed by atoms with Crippen LogP contribution in [-0.4, -0.2) is 42.5 Å². The molecule has 0 unspecified atom stereocenters. The Morgan fingerprint density at radius 2 is 1.93 bits per heavy atom. The summed E-state index contributed by atoms with van der Waals surface area (Å²) in [6.07, 6.45) is 3.92. The number of hydrogen-bond donors (Lipinski definition) is 1. The smallest absolute Gasteiger partial charge is 0.342 e. The molecule has 27 heavy (non-hydrogen) atoms. The van der Waals surface area contributed by atoms with E-state index in [9.17, 15) is 9.59 Å². The van der Waals surface area contributed by atoms with Crippen LogP contribution in [-0.2, 0) is 16.1 Å². The maximum absolute atomic E-state index is 12.5. The highest BCUT2D eigenvalue weighted by Crippen LogP contribution is 2.29. The molecule has 2 aliphatic rings. The number of benzene rings is 1. The van der Waals surface area contributed by atoms with Crippen LogP contribution >= 0.6 is 0 Å². The van der Waals surface area contributed by atoms with E-state index < -0.39 is 0 Å². The summed E-state index contributed by atoms with van der Waals surface area (Å²) in [4.78, 5) is 27.0. The first kappa shape index (κ1) is 18.0. The number of ether oxygens (including phenoxy) is 1. The Bertz CT molecular complexity index is 832. The second-order valence-corrected chi connectivity index (χ2v) is 7.45. The van der Waals surface area contributed by atoms with Crippen LogP contribution in [0.1, 0.15) is 48.7 Å². The molecule has 4 rings (SSSR count). The third kappa shape index (κ3) is 4.00. The van der Waals surface area contributed by atoms with Gasteiger partial charge in [-0.05, 0) is 51.8 Å². The molecule has 0 atom stereocenters. The fourth-order valence-electron chi connectivity index (χ4n) is 3.74. The number of carbonyl (C=O) groups is 2. The van der Waals surface area contributed by atoms with E-state index in [1.165, 1.54) is 0 Å². The maximum atomic E-state index is 12.5. The minimum Gasteiger partial charge on any atom is -0.462 e. The van der Waals surface area contributed by atoms with Crippen molar-refractivity contribution >= 4 is 22.8 Å². The van der Waals surface area contributed by atoms with Gasteiger partial charge in [0.1, 0.15) is 16.9 Å². The predicted octanol–water partition coefficient (Wildman–Crippen LogP) is 3.10. The van der Waals surface area contributed by atoms with Crippen molar-refractivity contribution in [3.05, 3.63) is 35.6 Å². The van der Waals surface area contributed by atoms with Crippen molar-refractivity contribution in [3.8, 4) is 0 Å². The van der Waals surface area contributed by atoms with E-state index in [0.29, 0.717) is 36.1 Å². The standard InChI is InChI=1S/C21H26N2O4/c1-2-26-21(25)19-16-5-3-4-6-17(16)27-18(19)13-23-11-9-14(10-12-23)20(24)22-15-7-8-15/h3-6,14-15H,2,7-13H2,1H3,(H,22,24). The van der Waals surface area contributed by atoms with E-state index >= 15 is 0 Å². The quantitative estimate of drug-likeness (QED) is 0.791. The van der Waals surface area contributed by atoms with Crippen molar-refractivity contribution < 1.29 is 18.7 Å². The lowest BCUT2D eigenvalue weighted by Crippen LogP contribution is -2.40. The molecule has 2 aromatic rings. The molecular weight excluding hydrogens is 344 g/mol. The van der Waals surface area contributed by atoms with Gasteiger partial charge in [-0.3, -0.25) is 9.69 Å². The van der Waals surface area contributed by atoms with E-state index in [-0.39, 0.29) is 17.8 Å². The molecule has 1 aliphatic heterocycles. The second kappa shape index (κ2) is 7.72. The average Bonchev–Trinajstić information content (AvgIpc) is 3.40. The minimum absolute atomic E-state index is 0.0991. The predicted molar refractivity (Wildman–Crippen MR) is 101 cm³/mol. The molecule has 0 bridgehead atoms. The van der Waals surface area contributed by atoms with Gasteiger partial charge in [0.2, 0.25) is 5.91 Å². The summed E-state index contributed by atoms with van der Waals surface area (Å²) in [6, 6.07) is 7.97. The van der Waals surface area contributed by atoms with Crippen LogP contribution < -0.4 is 5.32 Å². The van der Waals surface area contributed by atoms with Gasteiger partial charge >= 0.3 is 5.97 Å². The molecule has 2 heterocycles. The van der Waals surface area contributed by atoms with Gasteiger partial charge in [0.05, 0.1) is 13.2 Å². The molecule has 2 fully saturated rings. The number of rotatable bonds is 6. The lowest BCUT2D eigenvalue weighted by atomic mass is 9.95. The second-order valence-electron chi connectivity index (χ2n) is 7.45. The third-order valence-corrected chi connectivity index (χ3v) is 5.40. The number of amides is 1. The van der Waals surface area contributed by atoms with Gasteiger partial charge in [-0.25, -0.2) is 4.79 Å². The van der Waals surface area contributed by atoms with Crippen LogP contribution in [0, 0.1) is 5.92 Å². The van der Waals surface area contributed by atoms with Gasteiger partial charge in [0.15, 0.2) is 0 Å². The van der Waals surface area contributed by atoms with E-state index in [1.54, 1.807) is 6.92 Å². The van der Waals surface area contributed by atoms with Crippen molar-refractivity contribution in [2.24, 2.45) is 5.92 Å². The molecule has 1 amide bonds. The van der Waals surface area contributed by atoms with Crippen LogP contribution in [0.4, 0.5) is 0 Å². The molecule has 0 spiro atoms.